The highest BCUT2D eigenvalue weighted by Gasteiger charge is 2.27. The second kappa shape index (κ2) is 6.88. The SMILES string of the molecule is CCOc1cc(C(N)=NO)ccc1OCCC(F)(F)F. The minimum atomic E-state index is -4.28. The van der Waals surface area contributed by atoms with E-state index in [9.17, 15) is 13.2 Å². The summed E-state index contributed by atoms with van der Waals surface area (Å²) in [6.45, 7) is 1.51. The van der Waals surface area contributed by atoms with Gasteiger partial charge in [-0.25, -0.2) is 0 Å². The van der Waals surface area contributed by atoms with Crippen molar-refractivity contribution in [2.24, 2.45) is 10.9 Å². The molecule has 0 saturated carbocycles. The monoisotopic (exact) mass is 292 g/mol. The summed E-state index contributed by atoms with van der Waals surface area (Å²) in [5, 5.41) is 11.4. The molecule has 8 heteroatoms. The molecule has 0 saturated heterocycles. The Hall–Kier alpha value is -2.12. The number of alkyl halides is 3. The number of oxime groups is 1. The third kappa shape index (κ3) is 4.87. The van der Waals surface area contributed by atoms with Crippen molar-refractivity contribution in [1.82, 2.24) is 0 Å². The van der Waals surface area contributed by atoms with Gasteiger partial charge in [-0.2, -0.15) is 13.2 Å². The van der Waals surface area contributed by atoms with Crippen LogP contribution in [0.5, 0.6) is 11.5 Å². The Morgan fingerprint density at radius 1 is 1.30 bits per heavy atom. The van der Waals surface area contributed by atoms with E-state index in [1.54, 1.807) is 6.92 Å². The van der Waals surface area contributed by atoms with E-state index in [1.807, 2.05) is 0 Å². The molecule has 0 aliphatic heterocycles. The molecule has 0 bridgehead atoms. The number of nitrogens with two attached hydrogens (primary N) is 1. The number of benzene rings is 1. The maximum Gasteiger partial charge on any atom is 0.392 e. The van der Waals surface area contributed by atoms with Crippen molar-refractivity contribution >= 4 is 5.84 Å². The smallest absolute Gasteiger partial charge is 0.392 e. The van der Waals surface area contributed by atoms with E-state index in [0.29, 0.717) is 12.2 Å². The molecule has 1 aromatic carbocycles. The first-order chi connectivity index (χ1) is 9.37. The molecule has 3 N–H and O–H groups in total. The zero-order valence-electron chi connectivity index (χ0n) is 10.8. The zero-order valence-corrected chi connectivity index (χ0v) is 10.8. The quantitative estimate of drug-likeness (QED) is 0.365. The second-order valence-corrected chi connectivity index (χ2v) is 3.79. The van der Waals surface area contributed by atoms with E-state index in [2.05, 4.69) is 5.16 Å². The second-order valence-electron chi connectivity index (χ2n) is 3.79. The fourth-order valence-electron chi connectivity index (χ4n) is 1.39. The van der Waals surface area contributed by atoms with Gasteiger partial charge in [0.25, 0.3) is 0 Å². The maximum atomic E-state index is 12.1. The van der Waals surface area contributed by atoms with Crippen molar-refractivity contribution in [3.63, 3.8) is 0 Å². The topological polar surface area (TPSA) is 77.1 Å². The van der Waals surface area contributed by atoms with Crippen molar-refractivity contribution in [3.8, 4) is 11.5 Å². The van der Waals surface area contributed by atoms with E-state index < -0.39 is 19.2 Å². The summed E-state index contributed by atoms with van der Waals surface area (Å²) in [6, 6.07) is 4.30. The normalized spacial score (nSPS) is 12.3. The summed E-state index contributed by atoms with van der Waals surface area (Å²) in [7, 11) is 0. The highest BCUT2D eigenvalue weighted by molar-refractivity contribution is 5.97. The molecule has 0 fully saturated rings. The minimum absolute atomic E-state index is 0.132. The van der Waals surface area contributed by atoms with E-state index in [-0.39, 0.29) is 17.3 Å². The minimum Gasteiger partial charge on any atom is -0.490 e. The van der Waals surface area contributed by atoms with E-state index >= 15 is 0 Å². The maximum absolute atomic E-state index is 12.1. The third-order valence-electron chi connectivity index (χ3n) is 2.29. The van der Waals surface area contributed by atoms with Crippen LogP contribution < -0.4 is 15.2 Å². The molecular formula is C12H15F3N2O3. The lowest BCUT2D eigenvalue weighted by Crippen LogP contribution is -2.15. The number of rotatable bonds is 6. The molecule has 0 radical (unpaired) electrons. The number of amidine groups is 1. The van der Waals surface area contributed by atoms with Crippen LogP contribution in [0.4, 0.5) is 13.2 Å². The molecule has 5 nitrogen and oxygen atoms in total. The predicted octanol–water partition coefficient (Wildman–Crippen LogP) is 2.51. The van der Waals surface area contributed by atoms with Crippen molar-refractivity contribution in [1.29, 1.82) is 0 Å². The highest BCUT2D eigenvalue weighted by atomic mass is 19.4. The van der Waals surface area contributed by atoms with Crippen LogP contribution in [0.2, 0.25) is 0 Å². The van der Waals surface area contributed by atoms with E-state index in [4.69, 9.17) is 20.4 Å². The molecule has 0 atom stereocenters. The van der Waals surface area contributed by atoms with Crippen LogP contribution in [0, 0.1) is 0 Å². The van der Waals surface area contributed by atoms with Gasteiger partial charge < -0.3 is 20.4 Å². The molecule has 0 aliphatic rings. The first-order valence-corrected chi connectivity index (χ1v) is 5.81. The summed E-state index contributed by atoms with van der Waals surface area (Å²) in [4.78, 5) is 0. The molecule has 1 rings (SSSR count). The lowest BCUT2D eigenvalue weighted by Gasteiger charge is -2.13. The van der Waals surface area contributed by atoms with Gasteiger partial charge in [-0.3, -0.25) is 0 Å². The fourth-order valence-corrected chi connectivity index (χ4v) is 1.39. The largest absolute Gasteiger partial charge is 0.490 e. The van der Waals surface area contributed by atoms with Gasteiger partial charge in [0.2, 0.25) is 0 Å². The molecule has 0 spiro atoms. The number of hydrogen-bond acceptors (Lipinski definition) is 4. The van der Waals surface area contributed by atoms with Crippen molar-refractivity contribution in [3.05, 3.63) is 23.8 Å². The molecule has 0 heterocycles. The van der Waals surface area contributed by atoms with Gasteiger partial charge in [-0.05, 0) is 25.1 Å². The molecule has 0 aliphatic carbocycles. The lowest BCUT2D eigenvalue weighted by atomic mass is 10.2. The summed E-state index contributed by atoms with van der Waals surface area (Å²) < 4.78 is 46.5. The standard InChI is InChI=1S/C12H15F3N2O3/c1-2-19-10-7-8(11(16)17-18)3-4-9(10)20-6-5-12(13,14)15/h3-4,7,18H,2,5-6H2,1H3,(H2,16,17). The molecular weight excluding hydrogens is 277 g/mol. The summed E-state index contributed by atoms with van der Waals surface area (Å²) in [6.07, 6.45) is -5.33. The van der Waals surface area contributed by atoms with Crippen molar-refractivity contribution < 1.29 is 27.9 Å². The van der Waals surface area contributed by atoms with Crippen LogP contribution in [0.1, 0.15) is 18.9 Å². The molecule has 20 heavy (non-hydrogen) atoms. The first-order valence-electron chi connectivity index (χ1n) is 5.81. The molecule has 112 valence electrons. The van der Waals surface area contributed by atoms with E-state index in [1.165, 1.54) is 18.2 Å². The van der Waals surface area contributed by atoms with Crippen LogP contribution >= 0.6 is 0 Å². The van der Waals surface area contributed by atoms with Gasteiger partial charge in [0, 0.05) is 5.56 Å². The Labute approximate surface area is 113 Å². The number of hydrogen-bond donors (Lipinski definition) is 2. The summed E-state index contributed by atoms with van der Waals surface area (Å²) >= 11 is 0. The zero-order chi connectivity index (χ0) is 15.2. The molecule has 0 amide bonds. The highest BCUT2D eigenvalue weighted by Crippen LogP contribution is 2.29. The lowest BCUT2D eigenvalue weighted by molar-refractivity contribution is -0.139. The Balaban J connectivity index is 2.84. The average Bonchev–Trinajstić information content (AvgIpc) is 2.38. The third-order valence-corrected chi connectivity index (χ3v) is 2.29. The van der Waals surface area contributed by atoms with Gasteiger partial charge in [-0.1, -0.05) is 5.16 Å². The van der Waals surface area contributed by atoms with E-state index in [0.717, 1.165) is 0 Å². The molecule has 0 aromatic heterocycles. The van der Waals surface area contributed by atoms with Gasteiger partial charge in [0.15, 0.2) is 17.3 Å². The van der Waals surface area contributed by atoms with Crippen molar-refractivity contribution in [2.75, 3.05) is 13.2 Å². The summed E-state index contributed by atoms with van der Waals surface area (Å²) in [5.74, 6) is 0.275. The average molecular weight is 292 g/mol. The first kappa shape index (κ1) is 15.9. The Bertz CT molecular complexity index is 476. The van der Waals surface area contributed by atoms with Crippen LogP contribution in [-0.4, -0.2) is 30.4 Å². The van der Waals surface area contributed by atoms with Crippen LogP contribution in [-0.2, 0) is 0 Å². The number of halogens is 3. The van der Waals surface area contributed by atoms with Crippen LogP contribution in [0.3, 0.4) is 0 Å². The van der Waals surface area contributed by atoms with Gasteiger partial charge in [0.05, 0.1) is 19.6 Å². The molecule has 0 unspecified atom stereocenters. The van der Waals surface area contributed by atoms with Crippen LogP contribution in [0.25, 0.3) is 0 Å². The van der Waals surface area contributed by atoms with Crippen LogP contribution in [0.15, 0.2) is 23.4 Å². The summed E-state index contributed by atoms with van der Waals surface area (Å²) in [5.41, 5.74) is 5.80. The van der Waals surface area contributed by atoms with Gasteiger partial charge in [0.1, 0.15) is 0 Å². The van der Waals surface area contributed by atoms with Gasteiger partial charge >= 0.3 is 6.18 Å². The fraction of sp³-hybridized carbons (Fsp3) is 0.417. The molecule has 1 aromatic rings. The number of ether oxygens (including phenoxy) is 2. The van der Waals surface area contributed by atoms with Crippen molar-refractivity contribution in [2.45, 2.75) is 19.5 Å². The Kier molecular flexibility index (Phi) is 5.48. The number of nitrogens with zero attached hydrogens (tertiary/aromatic N) is 1. The van der Waals surface area contributed by atoms with Gasteiger partial charge in [-0.15, -0.1) is 0 Å². The Morgan fingerprint density at radius 2 is 2.00 bits per heavy atom. The Morgan fingerprint density at radius 3 is 2.55 bits per heavy atom. The predicted molar refractivity (Wildman–Crippen MR) is 66.3 cm³/mol.